The van der Waals surface area contributed by atoms with Crippen molar-refractivity contribution in [2.45, 2.75) is 115 Å². The maximum absolute atomic E-state index is 2.62. The van der Waals surface area contributed by atoms with Crippen LogP contribution in [0.3, 0.4) is 0 Å². The zero-order valence-electron chi connectivity index (χ0n) is 19.9. The van der Waals surface area contributed by atoms with E-state index in [-0.39, 0.29) is 0 Å². The summed E-state index contributed by atoms with van der Waals surface area (Å²) in [5.41, 5.74) is 1.87. The minimum atomic E-state index is 0.364. The smallest absolute Gasteiger partial charge is 0.0125 e. The minimum absolute atomic E-state index is 0.364. The standard InChI is InChI=1S/C13H27N.2C5H12/c1-12(2,3)11-7-9-14(10-8-11)13(4,5)6;2*1-5(2,3)4/h11H,7-10H2,1-6H3;2*1-4H3. The van der Waals surface area contributed by atoms with Crippen LogP contribution in [-0.4, -0.2) is 23.5 Å². The van der Waals surface area contributed by atoms with Gasteiger partial charge in [0.2, 0.25) is 0 Å². The van der Waals surface area contributed by atoms with E-state index in [0.717, 1.165) is 5.92 Å². The van der Waals surface area contributed by atoms with Crippen molar-refractivity contribution < 1.29 is 0 Å². The summed E-state index contributed by atoms with van der Waals surface area (Å²) in [6.45, 7) is 34.2. The fourth-order valence-electron chi connectivity index (χ4n) is 2.42. The third kappa shape index (κ3) is 20.0. The highest BCUT2D eigenvalue weighted by Crippen LogP contribution is 2.35. The summed E-state index contributed by atoms with van der Waals surface area (Å²) in [6, 6.07) is 0. The summed E-state index contributed by atoms with van der Waals surface area (Å²) in [4.78, 5) is 2.62. The first kappa shape index (κ1) is 26.2. The summed E-state index contributed by atoms with van der Waals surface area (Å²) in [7, 11) is 0. The first-order valence-corrected chi connectivity index (χ1v) is 9.96. The molecular weight excluding hydrogens is 290 g/mol. The second kappa shape index (κ2) is 9.60. The van der Waals surface area contributed by atoms with Crippen LogP contribution < -0.4 is 0 Å². The van der Waals surface area contributed by atoms with Crippen molar-refractivity contribution in [1.82, 2.24) is 4.90 Å². The summed E-state index contributed by atoms with van der Waals surface area (Å²) in [5, 5.41) is 0. The minimum Gasteiger partial charge on any atom is -0.298 e. The molecule has 0 aromatic heterocycles. The topological polar surface area (TPSA) is 3.24 Å². The van der Waals surface area contributed by atoms with Crippen molar-refractivity contribution in [1.29, 1.82) is 0 Å². The Morgan fingerprint density at radius 1 is 0.542 bits per heavy atom. The van der Waals surface area contributed by atoms with Crippen LogP contribution in [0.4, 0.5) is 0 Å². The SMILES string of the molecule is CC(C)(C)C.CC(C)(C)C.CC(C)(C)C1CCN(C(C)(C)C)CC1. The van der Waals surface area contributed by atoms with Crippen LogP contribution in [0.1, 0.15) is 110 Å². The van der Waals surface area contributed by atoms with Gasteiger partial charge >= 0.3 is 0 Å². The number of rotatable bonds is 0. The molecular formula is C23H51N. The summed E-state index contributed by atoms with van der Waals surface area (Å²) in [5.74, 6) is 0.918. The molecule has 1 aliphatic heterocycles. The van der Waals surface area contributed by atoms with Crippen LogP contribution in [-0.2, 0) is 0 Å². The number of piperidine rings is 1. The zero-order valence-corrected chi connectivity index (χ0v) is 19.9. The van der Waals surface area contributed by atoms with E-state index in [1.54, 1.807) is 0 Å². The first-order chi connectivity index (χ1) is 10.2. The highest BCUT2D eigenvalue weighted by Gasteiger charge is 2.32. The van der Waals surface area contributed by atoms with Crippen molar-refractivity contribution in [3.63, 3.8) is 0 Å². The van der Waals surface area contributed by atoms with Gasteiger partial charge in [0.25, 0.3) is 0 Å². The number of nitrogens with zero attached hydrogens (tertiary/aromatic N) is 1. The monoisotopic (exact) mass is 341 g/mol. The normalized spacial score (nSPS) is 18.2. The van der Waals surface area contributed by atoms with Gasteiger partial charge in [-0.05, 0) is 68.9 Å². The Morgan fingerprint density at radius 2 is 0.792 bits per heavy atom. The molecule has 1 heterocycles. The average molecular weight is 342 g/mol. The Balaban J connectivity index is 0. The molecule has 1 rings (SSSR count). The van der Waals surface area contributed by atoms with Crippen LogP contribution in [0, 0.1) is 22.2 Å². The van der Waals surface area contributed by atoms with Gasteiger partial charge in [-0.3, -0.25) is 4.90 Å². The van der Waals surface area contributed by atoms with Gasteiger partial charge < -0.3 is 0 Å². The molecule has 1 saturated heterocycles. The Bertz CT molecular complexity index is 260. The van der Waals surface area contributed by atoms with Crippen LogP contribution >= 0.6 is 0 Å². The molecule has 1 nitrogen and oxygen atoms in total. The van der Waals surface area contributed by atoms with Gasteiger partial charge in [0.1, 0.15) is 0 Å². The van der Waals surface area contributed by atoms with E-state index in [1.165, 1.54) is 25.9 Å². The summed E-state index contributed by atoms with van der Waals surface area (Å²) in [6.07, 6.45) is 2.75. The molecule has 0 bridgehead atoms. The van der Waals surface area contributed by atoms with Crippen molar-refractivity contribution in [3.8, 4) is 0 Å². The summed E-state index contributed by atoms with van der Waals surface area (Å²) >= 11 is 0. The fraction of sp³-hybridized carbons (Fsp3) is 1.00. The Morgan fingerprint density at radius 3 is 0.958 bits per heavy atom. The second-order valence-corrected chi connectivity index (χ2v) is 12.8. The van der Waals surface area contributed by atoms with Gasteiger partial charge in [0, 0.05) is 5.54 Å². The van der Waals surface area contributed by atoms with Crippen LogP contribution in [0.5, 0.6) is 0 Å². The molecule has 148 valence electrons. The predicted molar refractivity (Wildman–Crippen MR) is 114 cm³/mol. The third-order valence-electron chi connectivity index (χ3n) is 3.67. The lowest BCUT2D eigenvalue weighted by Gasteiger charge is -2.44. The van der Waals surface area contributed by atoms with Crippen molar-refractivity contribution in [2.24, 2.45) is 22.2 Å². The molecule has 1 aliphatic rings. The van der Waals surface area contributed by atoms with Crippen molar-refractivity contribution in [3.05, 3.63) is 0 Å². The number of hydrogen-bond acceptors (Lipinski definition) is 1. The molecule has 1 fully saturated rings. The third-order valence-corrected chi connectivity index (χ3v) is 3.67. The Labute approximate surface area is 156 Å². The molecule has 0 spiro atoms. The predicted octanol–water partition coefficient (Wildman–Crippen LogP) is 7.65. The maximum Gasteiger partial charge on any atom is 0.0125 e. The molecule has 0 radical (unpaired) electrons. The van der Waals surface area contributed by atoms with E-state index in [2.05, 4.69) is 102 Å². The van der Waals surface area contributed by atoms with E-state index in [4.69, 9.17) is 0 Å². The first-order valence-electron chi connectivity index (χ1n) is 9.96. The summed E-state index contributed by atoms with van der Waals surface area (Å²) < 4.78 is 0. The quantitative estimate of drug-likeness (QED) is 0.437. The molecule has 0 aliphatic carbocycles. The second-order valence-electron chi connectivity index (χ2n) is 12.8. The zero-order chi connectivity index (χ0) is 20.0. The molecule has 0 unspecified atom stereocenters. The molecule has 0 saturated carbocycles. The van der Waals surface area contributed by atoms with Gasteiger partial charge in [-0.15, -0.1) is 0 Å². The van der Waals surface area contributed by atoms with Crippen molar-refractivity contribution >= 4 is 0 Å². The molecule has 0 aromatic carbocycles. The molecule has 0 atom stereocenters. The Kier molecular flexibility index (Phi) is 10.5. The largest absolute Gasteiger partial charge is 0.298 e. The van der Waals surface area contributed by atoms with Crippen LogP contribution in [0.25, 0.3) is 0 Å². The number of hydrogen-bond donors (Lipinski definition) is 0. The van der Waals surface area contributed by atoms with E-state index in [0.29, 0.717) is 21.8 Å². The van der Waals surface area contributed by atoms with Gasteiger partial charge in [-0.25, -0.2) is 0 Å². The molecule has 0 N–H and O–H groups in total. The van der Waals surface area contributed by atoms with E-state index in [1.807, 2.05) is 0 Å². The van der Waals surface area contributed by atoms with E-state index < -0.39 is 0 Å². The molecule has 0 amide bonds. The van der Waals surface area contributed by atoms with E-state index in [9.17, 15) is 0 Å². The number of likely N-dealkylation sites (tertiary alicyclic amines) is 1. The van der Waals surface area contributed by atoms with Gasteiger partial charge in [-0.1, -0.05) is 76.2 Å². The lowest BCUT2D eigenvalue weighted by Crippen LogP contribution is -2.47. The average Bonchev–Trinajstić information content (AvgIpc) is 2.22. The van der Waals surface area contributed by atoms with Crippen LogP contribution in [0.15, 0.2) is 0 Å². The Hall–Kier alpha value is -0.0400. The van der Waals surface area contributed by atoms with Gasteiger partial charge in [0.05, 0.1) is 0 Å². The van der Waals surface area contributed by atoms with Crippen LogP contribution in [0.2, 0.25) is 0 Å². The molecule has 1 heteroatoms. The molecule has 24 heavy (non-hydrogen) atoms. The van der Waals surface area contributed by atoms with Gasteiger partial charge in [0.15, 0.2) is 0 Å². The fourth-order valence-corrected chi connectivity index (χ4v) is 2.42. The molecule has 0 aromatic rings. The maximum atomic E-state index is 2.62. The van der Waals surface area contributed by atoms with E-state index >= 15 is 0 Å². The highest BCUT2D eigenvalue weighted by atomic mass is 15.2. The lowest BCUT2D eigenvalue weighted by molar-refractivity contribution is 0.0532. The lowest BCUT2D eigenvalue weighted by atomic mass is 9.75. The van der Waals surface area contributed by atoms with Crippen molar-refractivity contribution in [2.75, 3.05) is 13.1 Å². The van der Waals surface area contributed by atoms with Gasteiger partial charge in [-0.2, -0.15) is 0 Å². The highest BCUT2D eigenvalue weighted by molar-refractivity contribution is 4.85.